The summed E-state index contributed by atoms with van der Waals surface area (Å²) in [5.74, 6) is 0.218. The van der Waals surface area contributed by atoms with Crippen LogP contribution in [0.2, 0.25) is 5.28 Å². The molecule has 0 aliphatic heterocycles. The molecule has 0 aliphatic carbocycles. The topological polar surface area (TPSA) is 58.8 Å². The van der Waals surface area contributed by atoms with Gasteiger partial charge in [0.2, 0.25) is 11.2 Å². The third-order valence-electron chi connectivity index (χ3n) is 1.33. The van der Waals surface area contributed by atoms with E-state index in [0.717, 1.165) is 0 Å². The number of rotatable bonds is 1. The van der Waals surface area contributed by atoms with Crippen LogP contribution in [-0.2, 0) is 0 Å². The third-order valence-corrected chi connectivity index (χ3v) is 1.50. The summed E-state index contributed by atoms with van der Waals surface area (Å²) in [6, 6.07) is 1.93. The van der Waals surface area contributed by atoms with Crippen LogP contribution in [-0.4, -0.2) is 17.1 Å². The van der Waals surface area contributed by atoms with Crippen molar-refractivity contribution in [3.63, 3.8) is 0 Å². The maximum Gasteiger partial charge on any atom is 0.236 e. The Balaban J connectivity index is 3.36. The molecule has 0 fully saturated rings. The van der Waals surface area contributed by atoms with Gasteiger partial charge in [-0.05, 0) is 18.5 Å². The molecule has 1 heterocycles. The van der Waals surface area contributed by atoms with Gasteiger partial charge in [0.1, 0.15) is 11.6 Å². The Morgan fingerprint density at radius 1 is 1.50 bits per heavy atom. The summed E-state index contributed by atoms with van der Waals surface area (Å²) in [6.45, 7) is 1.68. The van der Waals surface area contributed by atoms with Gasteiger partial charge in [-0.3, -0.25) is 0 Å². The van der Waals surface area contributed by atoms with Gasteiger partial charge in [0.05, 0.1) is 12.8 Å². The number of ether oxygens (including phenoxy) is 1. The zero-order valence-electron chi connectivity index (χ0n) is 6.63. The normalized spacial score (nSPS) is 9.17. The van der Waals surface area contributed by atoms with Crippen molar-refractivity contribution in [2.75, 3.05) is 7.11 Å². The minimum absolute atomic E-state index is 0.0864. The maximum absolute atomic E-state index is 8.67. The van der Waals surface area contributed by atoms with Gasteiger partial charge in [-0.15, -0.1) is 0 Å². The minimum atomic E-state index is 0.0864. The molecule has 0 radical (unpaired) electrons. The Morgan fingerprint density at radius 3 is 2.67 bits per heavy atom. The highest BCUT2D eigenvalue weighted by Crippen LogP contribution is 2.18. The van der Waals surface area contributed by atoms with E-state index in [-0.39, 0.29) is 11.2 Å². The summed E-state index contributed by atoms with van der Waals surface area (Å²) >= 11 is 5.55. The first-order valence-corrected chi connectivity index (χ1v) is 3.55. The number of nitriles is 1. The van der Waals surface area contributed by atoms with E-state index in [1.165, 1.54) is 7.11 Å². The second-order valence-electron chi connectivity index (χ2n) is 2.07. The van der Waals surface area contributed by atoms with Crippen LogP contribution < -0.4 is 4.74 Å². The molecule has 62 valence electrons. The van der Waals surface area contributed by atoms with E-state index in [0.29, 0.717) is 11.3 Å². The Kier molecular flexibility index (Phi) is 2.46. The van der Waals surface area contributed by atoms with Crippen molar-refractivity contribution in [3.8, 4) is 11.9 Å². The van der Waals surface area contributed by atoms with E-state index in [2.05, 4.69) is 9.97 Å². The molecule has 5 heteroatoms. The highest BCUT2D eigenvalue weighted by Gasteiger charge is 2.09. The zero-order chi connectivity index (χ0) is 9.14. The lowest BCUT2D eigenvalue weighted by Gasteiger charge is -2.02. The Labute approximate surface area is 74.8 Å². The molecule has 1 aromatic rings. The maximum atomic E-state index is 8.67. The second kappa shape index (κ2) is 3.37. The summed E-state index contributed by atoms with van der Waals surface area (Å²) in [5, 5.41) is 8.75. The van der Waals surface area contributed by atoms with Crippen LogP contribution in [0.5, 0.6) is 5.88 Å². The van der Waals surface area contributed by atoms with Crippen molar-refractivity contribution in [1.29, 1.82) is 5.26 Å². The zero-order valence-corrected chi connectivity index (χ0v) is 7.38. The van der Waals surface area contributed by atoms with Crippen molar-refractivity contribution < 1.29 is 4.74 Å². The fraction of sp³-hybridized carbons (Fsp3) is 0.286. The van der Waals surface area contributed by atoms with Gasteiger partial charge in [0.15, 0.2) is 0 Å². The first-order valence-electron chi connectivity index (χ1n) is 3.17. The molecule has 0 atom stereocenters. The SMILES string of the molecule is COc1nc(Cl)nc(C)c1C#N. The molecular formula is C7H6ClN3O. The first-order chi connectivity index (χ1) is 5.69. The molecule has 0 aliphatic rings. The van der Waals surface area contributed by atoms with Crippen LogP contribution in [0.3, 0.4) is 0 Å². The van der Waals surface area contributed by atoms with Crippen molar-refractivity contribution >= 4 is 11.6 Å². The number of aromatic nitrogens is 2. The van der Waals surface area contributed by atoms with Gasteiger partial charge >= 0.3 is 0 Å². The quantitative estimate of drug-likeness (QED) is 0.616. The van der Waals surface area contributed by atoms with Crippen LogP contribution in [0.1, 0.15) is 11.3 Å². The van der Waals surface area contributed by atoms with E-state index in [9.17, 15) is 0 Å². The van der Waals surface area contributed by atoms with Crippen LogP contribution in [0.4, 0.5) is 0 Å². The summed E-state index contributed by atoms with van der Waals surface area (Å²) in [6.07, 6.45) is 0. The summed E-state index contributed by atoms with van der Waals surface area (Å²) in [4.78, 5) is 7.54. The molecular weight excluding hydrogens is 178 g/mol. The third kappa shape index (κ3) is 1.46. The van der Waals surface area contributed by atoms with E-state index in [1.807, 2.05) is 6.07 Å². The monoisotopic (exact) mass is 183 g/mol. The molecule has 1 rings (SSSR count). The summed E-state index contributed by atoms with van der Waals surface area (Å²) in [7, 11) is 1.43. The fourth-order valence-corrected chi connectivity index (χ4v) is 0.994. The molecule has 0 aromatic carbocycles. The first kappa shape index (κ1) is 8.75. The molecule has 1 aromatic heterocycles. The van der Waals surface area contributed by atoms with Gasteiger partial charge < -0.3 is 4.74 Å². The highest BCUT2D eigenvalue weighted by molar-refractivity contribution is 6.28. The Bertz CT molecular complexity index is 345. The predicted octanol–water partition coefficient (Wildman–Crippen LogP) is 1.32. The molecule has 12 heavy (non-hydrogen) atoms. The van der Waals surface area contributed by atoms with Crippen LogP contribution in [0.15, 0.2) is 0 Å². The fourth-order valence-electron chi connectivity index (χ4n) is 0.790. The second-order valence-corrected chi connectivity index (χ2v) is 2.41. The van der Waals surface area contributed by atoms with Crippen molar-refractivity contribution in [2.24, 2.45) is 0 Å². The van der Waals surface area contributed by atoms with Crippen LogP contribution in [0.25, 0.3) is 0 Å². The number of nitrogens with zero attached hydrogens (tertiary/aromatic N) is 3. The van der Waals surface area contributed by atoms with Gasteiger partial charge in [-0.1, -0.05) is 0 Å². The molecule has 0 spiro atoms. The number of methoxy groups -OCH3 is 1. The lowest BCUT2D eigenvalue weighted by atomic mass is 10.2. The summed E-state index contributed by atoms with van der Waals surface area (Å²) in [5.41, 5.74) is 0.844. The smallest absolute Gasteiger partial charge is 0.236 e. The van der Waals surface area contributed by atoms with Crippen molar-refractivity contribution in [2.45, 2.75) is 6.92 Å². The molecule has 4 nitrogen and oxygen atoms in total. The molecule has 0 bridgehead atoms. The van der Waals surface area contributed by atoms with E-state index >= 15 is 0 Å². The van der Waals surface area contributed by atoms with Gasteiger partial charge in [-0.25, -0.2) is 4.98 Å². The number of aryl methyl sites for hydroxylation is 1. The van der Waals surface area contributed by atoms with E-state index in [4.69, 9.17) is 21.6 Å². The minimum Gasteiger partial charge on any atom is -0.480 e. The Morgan fingerprint density at radius 2 is 2.17 bits per heavy atom. The highest BCUT2D eigenvalue weighted by atomic mass is 35.5. The molecule has 0 amide bonds. The standard InChI is InChI=1S/C7H6ClN3O/c1-4-5(3-9)6(12-2)11-7(8)10-4/h1-2H3. The summed E-state index contributed by atoms with van der Waals surface area (Å²) < 4.78 is 4.84. The Hall–Kier alpha value is -1.34. The predicted molar refractivity (Wildman–Crippen MR) is 43.0 cm³/mol. The number of hydrogen-bond donors (Lipinski definition) is 0. The number of halogens is 1. The lowest BCUT2D eigenvalue weighted by molar-refractivity contribution is 0.395. The van der Waals surface area contributed by atoms with E-state index < -0.39 is 0 Å². The lowest BCUT2D eigenvalue weighted by Crippen LogP contribution is -1.98. The molecule has 0 saturated heterocycles. The number of hydrogen-bond acceptors (Lipinski definition) is 4. The van der Waals surface area contributed by atoms with Gasteiger partial charge in [0, 0.05) is 0 Å². The van der Waals surface area contributed by atoms with Crippen molar-refractivity contribution in [3.05, 3.63) is 16.5 Å². The molecule has 0 saturated carbocycles. The van der Waals surface area contributed by atoms with Gasteiger partial charge in [0.25, 0.3) is 0 Å². The molecule has 0 N–H and O–H groups in total. The average Bonchev–Trinajstić information content (AvgIpc) is 2.03. The average molecular weight is 184 g/mol. The van der Waals surface area contributed by atoms with E-state index in [1.54, 1.807) is 6.92 Å². The van der Waals surface area contributed by atoms with Crippen LogP contribution >= 0.6 is 11.6 Å². The largest absolute Gasteiger partial charge is 0.480 e. The van der Waals surface area contributed by atoms with Crippen molar-refractivity contribution in [1.82, 2.24) is 9.97 Å². The molecule has 0 unspecified atom stereocenters. The van der Waals surface area contributed by atoms with Crippen LogP contribution in [0, 0.1) is 18.3 Å². The van der Waals surface area contributed by atoms with Gasteiger partial charge in [-0.2, -0.15) is 10.2 Å².